The van der Waals surface area contributed by atoms with Gasteiger partial charge in [0, 0.05) is 10.0 Å². The number of hydrogen-bond acceptors (Lipinski definition) is 4. The number of rotatable bonds is 5. The van der Waals surface area contributed by atoms with E-state index < -0.39 is 0 Å². The lowest BCUT2D eigenvalue weighted by molar-refractivity contribution is 0.272. The van der Waals surface area contributed by atoms with E-state index in [0.717, 1.165) is 27.3 Å². The molecule has 0 aliphatic heterocycles. The van der Waals surface area contributed by atoms with Crippen molar-refractivity contribution in [2.45, 2.75) is 19.4 Å². The number of aliphatic hydroxyl groups excluding tert-OH is 1. The van der Waals surface area contributed by atoms with Gasteiger partial charge in [-0.2, -0.15) is 0 Å². The summed E-state index contributed by atoms with van der Waals surface area (Å²) in [5, 5.41) is 13.1. The highest BCUT2D eigenvalue weighted by molar-refractivity contribution is 9.10. The monoisotopic (exact) mass is 360 g/mol. The molecule has 6 heteroatoms. The molecule has 0 saturated carbocycles. The van der Waals surface area contributed by atoms with E-state index in [2.05, 4.69) is 26.2 Å². The number of thiazole rings is 1. The Kier molecular flexibility index (Phi) is 5.21. The summed E-state index contributed by atoms with van der Waals surface area (Å²) in [5.74, 6) is 0. The van der Waals surface area contributed by atoms with Gasteiger partial charge >= 0.3 is 0 Å². The van der Waals surface area contributed by atoms with Crippen LogP contribution in [0.3, 0.4) is 0 Å². The summed E-state index contributed by atoms with van der Waals surface area (Å²) in [4.78, 5) is 4.49. The number of benzene rings is 1. The Labute approximate surface area is 129 Å². The van der Waals surface area contributed by atoms with Gasteiger partial charge in [0.2, 0.25) is 0 Å². The minimum Gasteiger partial charge on any atom is -0.394 e. The Hall–Kier alpha value is -0.620. The van der Waals surface area contributed by atoms with E-state index in [1.807, 2.05) is 31.2 Å². The zero-order chi connectivity index (χ0) is 13.8. The summed E-state index contributed by atoms with van der Waals surface area (Å²) in [6.07, 6.45) is 0.835. The number of halogens is 2. The van der Waals surface area contributed by atoms with Crippen LogP contribution in [0.15, 0.2) is 28.7 Å². The molecular weight excluding hydrogens is 348 g/mol. The zero-order valence-corrected chi connectivity index (χ0v) is 13.5. The van der Waals surface area contributed by atoms with Crippen LogP contribution in [-0.2, 0) is 0 Å². The van der Waals surface area contributed by atoms with Crippen LogP contribution in [0.4, 0.5) is 5.13 Å². The number of nitrogens with zero attached hydrogens (tertiary/aromatic N) is 1. The fourth-order valence-corrected chi connectivity index (χ4v) is 3.03. The molecule has 0 unspecified atom stereocenters. The second-order valence-electron chi connectivity index (χ2n) is 4.08. The van der Waals surface area contributed by atoms with Crippen molar-refractivity contribution in [2.75, 3.05) is 11.9 Å². The minimum atomic E-state index is 0.0139. The van der Waals surface area contributed by atoms with Crippen LogP contribution in [0, 0.1) is 0 Å². The molecule has 2 rings (SSSR count). The first kappa shape index (κ1) is 14.8. The van der Waals surface area contributed by atoms with Crippen LogP contribution in [0.2, 0.25) is 4.34 Å². The van der Waals surface area contributed by atoms with Crippen molar-refractivity contribution in [1.82, 2.24) is 4.98 Å². The van der Waals surface area contributed by atoms with Crippen molar-refractivity contribution in [3.63, 3.8) is 0 Å². The average molecular weight is 362 g/mol. The summed E-state index contributed by atoms with van der Waals surface area (Å²) in [6.45, 7) is 2.10. The Balaban J connectivity index is 2.23. The first-order chi connectivity index (χ1) is 9.13. The molecule has 19 heavy (non-hydrogen) atoms. The quantitative estimate of drug-likeness (QED) is 0.829. The highest BCUT2D eigenvalue weighted by Crippen LogP contribution is 2.35. The maximum Gasteiger partial charge on any atom is 0.184 e. The van der Waals surface area contributed by atoms with Gasteiger partial charge in [0.05, 0.1) is 12.6 Å². The van der Waals surface area contributed by atoms with Gasteiger partial charge in [-0.1, -0.05) is 57.9 Å². The van der Waals surface area contributed by atoms with E-state index in [9.17, 15) is 5.11 Å². The summed E-state index contributed by atoms with van der Waals surface area (Å²) < 4.78 is 1.67. The van der Waals surface area contributed by atoms with Crippen LogP contribution in [-0.4, -0.2) is 22.7 Å². The molecule has 0 bridgehead atoms. The molecule has 0 fully saturated rings. The molecule has 2 aromatic rings. The molecule has 102 valence electrons. The first-order valence-corrected chi connectivity index (χ1v) is 7.92. The lowest BCUT2D eigenvalue weighted by atomic mass is 10.2. The van der Waals surface area contributed by atoms with Gasteiger partial charge in [0.15, 0.2) is 5.13 Å². The number of aliphatic hydroxyl groups is 1. The van der Waals surface area contributed by atoms with Crippen molar-refractivity contribution in [2.24, 2.45) is 0 Å². The molecule has 0 radical (unpaired) electrons. The number of aromatic nitrogens is 1. The third-order valence-electron chi connectivity index (χ3n) is 2.74. The average Bonchev–Trinajstić information content (AvgIpc) is 2.78. The van der Waals surface area contributed by atoms with Crippen molar-refractivity contribution in [3.05, 3.63) is 33.1 Å². The molecule has 2 N–H and O–H groups in total. The summed E-state index contributed by atoms with van der Waals surface area (Å²) in [5.41, 5.74) is 1.75. The summed E-state index contributed by atoms with van der Waals surface area (Å²) >= 11 is 11.0. The highest BCUT2D eigenvalue weighted by atomic mass is 79.9. The molecule has 0 aliphatic rings. The van der Waals surface area contributed by atoms with Gasteiger partial charge in [-0.3, -0.25) is 0 Å². The van der Waals surface area contributed by atoms with E-state index >= 15 is 0 Å². The lowest BCUT2D eigenvalue weighted by Gasteiger charge is -2.11. The molecule has 1 aromatic heterocycles. The van der Waals surface area contributed by atoms with Crippen molar-refractivity contribution in [1.29, 1.82) is 0 Å². The van der Waals surface area contributed by atoms with E-state index in [4.69, 9.17) is 11.6 Å². The van der Waals surface area contributed by atoms with Gasteiger partial charge in [-0.05, 0) is 18.6 Å². The van der Waals surface area contributed by atoms with Crippen LogP contribution in [0.25, 0.3) is 11.3 Å². The van der Waals surface area contributed by atoms with E-state index in [1.54, 1.807) is 0 Å². The second-order valence-corrected chi connectivity index (χ2v) is 6.60. The van der Waals surface area contributed by atoms with Crippen LogP contribution in [0.1, 0.15) is 13.3 Å². The van der Waals surface area contributed by atoms with Gasteiger partial charge in [-0.25, -0.2) is 4.98 Å². The van der Waals surface area contributed by atoms with Crippen LogP contribution in [0.5, 0.6) is 0 Å². The maximum atomic E-state index is 9.19. The number of hydrogen-bond donors (Lipinski definition) is 2. The topological polar surface area (TPSA) is 45.1 Å². The van der Waals surface area contributed by atoms with Crippen LogP contribution < -0.4 is 5.32 Å². The van der Waals surface area contributed by atoms with Crippen molar-refractivity contribution >= 4 is 44.0 Å². The molecule has 0 aliphatic carbocycles. The normalized spacial score (nSPS) is 12.4. The fourth-order valence-electron chi connectivity index (χ4n) is 1.60. The second kappa shape index (κ2) is 6.70. The standard InChI is InChI=1S/C13H14BrClN2OS/c1-2-10(7-18)16-13-17-11(12(15)19-13)8-3-5-9(14)6-4-8/h3-6,10,18H,2,7H2,1H3,(H,16,17)/t10-/m0/s1. The molecule has 1 aromatic carbocycles. The predicted octanol–water partition coefficient (Wildman–Crippen LogP) is 4.41. The zero-order valence-electron chi connectivity index (χ0n) is 10.4. The SMILES string of the molecule is CC[C@@H](CO)Nc1nc(-c2ccc(Br)cc2)c(Cl)s1. The molecule has 1 heterocycles. The maximum absolute atomic E-state index is 9.19. The molecular formula is C13H14BrClN2OS. The van der Waals surface area contributed by atoms with E-state index in [-0.39, 0.29) is 12.6 Å². The van der Waals surface area contributed by atoms with Gasteiger partial charge in [-0.15, -0.1) is 0 Å². The smallest absolute Gasteiger partial charge is 0.184 e. The summed E-state index contributed by atoms with van der Waals surface area (Å²) in [6, 6.07) is 7.87. The number of nitrogens with one attached hydrogen (secondary N) is 1. The Morgan fingerprint density at radius 3 is 2.68 bits per heavy atom. The fraction of sp³-hybridized carbons (Fsp3) is 0.308. The summed E-state index contributed by atoms with van der Waals surface area (Å²) in [7, 11) is 0. The first-order valence-electron chi connectivity index (χ1n) is 5.93. The minimum absolute atomic E-state index is 0.0139. The molecule has 0 amide bonds. The molecule has 3 nitrogen and oxygen atoms in total. The van der Waals surface area contributed by atoms with Gasteiger partial charge < -0.3 is 10.4 Å². The van der Waals surface area contributed by atoms with Gasteiger partial charge in [0.1, 0.15) is 10.0 Å². The van der Waals surface area contributed by atoms with Crippen molar-refractivity contribution in [3.8, 4) is 11.3 Å². The molecule has 1 atom stereocenters. The Morgan fingerprint density at radius 1 is 1.42 bits per heavy atom. The predicted molar refractivity (Wildman–Crippen MR) is 85.0 cm³/mol. The third kappa shape index (κ3) is 3.69. The highest BCUT2D eigenvalue weighted by Gasteiger charge is 2.13. The largest absolute Gasteiger partial charge is 0.394 e. The third-order valence-corrected chi connectivity index (χ3v) is 4.46. The van der Waals surface area contributed by atoms with E-state index in [1.165, 1.54) is 11.3 Å². The van der Waals surface area contributed by atoms with Gasteiger partial charge in [0.25, 0.3) is 0 Å². The Bertz CT molecular complexity index is 540. The lowest BCUT2D eigenvalue weighted by Crippen LogP contribution is -2.22. The van der Waals surface area contributed by atoms with Crippen molar-refractivity contribution < 1.29 is 5.11 Å². The molecule has 0 spiro atoms. The number of anilines is 1. The van der Waals surface area contributed by atoms with Crippen LogP contribution >= 0.6 is 38.9 Å². The Morgan fingerprint density at radius 2 is 2.11 bits per heavy atom. The van der Waals surface area contributed by atoms with E-state index in [0.29, 0.717) is 4.34 Å². The molecule has 0 saturated heterocycles.